The summed E-state index contributed by atoms with van der Waals surface area (Å²) in [4.78, 5) is 5.37. The maximum Gasteiger partial charge on any atom is 0.375 e. The Morgan fingerprint density at radius 3 is 1.79 bits per heavy atom. The molecule has 4 heterocycles. The third kappa shape index (κ3) is 5.43. The molecular weight excluding hydrogens is 844 g/mol. The lowest BCUT2D eigenvalue weighted by molar-refractivity contribution is 0.332. The molecule has 10 aromatic rings. The van der Waals surface area contributed by atoms with Crippen molar-refractivity contribution in [3.05, 3.63) is 161 Å². The van der Waals surface area contributed by atoms with Gasteiger partial charge in [0.1, 0.15) is 11.2 Å². The molecule has 334 valence electrons. The Bertz CT molecular complexity index is 3860. The normalized spacial score (nSPS) is 18.2. The smallest absolute Gasteiger partial charge is 0.375 e. The second-order valence-corrected chi connectivity index (χ2v) is 24.5. The van der Waals surface area contributed by atoms with Crippen molar-refractivity contribution in [2.24, 2.45) is 0 Å². The Morgan fingerprint density at radius 1 is 0.500 bits per heavy atom. The molecule has 0 radical (unpaired) electrons. The van der Waals surface area contributed by atoms with E-state index >= 15 is 0 Å². The topological polar surface area (TPSA) is 19.6 Å². The zero-order chi connectivity index (χ0) is 46.4. The molecule has 0 saturated heterocycles. The molecule has 4 aliphatic rings. The van der Waals surface area contributed by atoms with E-state index in [0.717, 1.165) is 30.5 Å². The summed E-state index contributed by atoms with van der Waals surface area (Å²) in [6.45, 7) is 21.7. The first-order valence-corrected chi connectivity index (χ1v) is 25.8. The molecule has 14 rings (SSSR count). The summed E-state index contributed by atoms with van der Waals surface area (Å²) in [7, 11) is 0. The molecular formula is C63H57BN2OS. The fraction of sp³-hybridized carbons (Fsp3) is 0.270. The van der Waals surface area contributed by atoms with E-state index in [1.807, 2.05) is 11.3 Å². The Morgan fingerprint density at radius 2 is 1.07 bits per heavy atom. The molecule has 8 aromatic carbocycles. The fourth-order valence-electron chi connectivity index (χ4n) is 13.4. The minimum atomic E-state index is -0.271. The number of hydrogen-bond acceptors (Lipinski definition) is 4. The number of nitrogens with zero attached hydrogens (tertiary/aromatic N) is 2. The first-order valence-electron chi connectivity index (χ1n) is 25.0. The molecule has 3 nitrogen and oxygen atoms in total. The van der Waals surface area contributed by atoms with Crippen LogP contribution in [0.15, 0.2) is 138 Å². The van der Waals surface area contributed by atoms with E-state index in [9.17, 15) is 0 Å². The Hall–Kier alpha value is -6.30. The average molecular weight is 901 g/mol. The van der Waals surface area contributed by atoms with Crippen molar-refractivity contribution in [1.82, 2.24) is 0 Å². The van der Waals surface area contributed by atoms with Gasteiger partial charge in [0.05, 0.1) is 5.69 Å². The SMILES string of the molecule is Cc1cc2c(cc1N1c3cc4ccccc4c4c3B(c3oc5cc6c(cc5c31)C(C)(C)CCC6(C)C)N(c1cccc3sc5ccccc5c13)c1cc3ccccc3cc1-4)C(C)(C)CCC2(C)C. The van der Waals surface area contributed by atoms with Gasteiger partial charge in [0, 0.05) is 53.9 Å². The Balaban J connectivity index is 1.18. The Kier molecular flexibility index (Phi) is 8.08. The van der Waals surface area contributed by atoms with Gasteiger partial charge in [0.2, 0.25) is 0 Å². The lowest BCUT2D eigenvalue weighted by Crippen LogP contribution is -2.61. The summed E-state index contributed by atoms with van der Waals surface area (Å²) in [5, 5.41) is 8.79. The van der Waals surface area contributed by atoms with E-state index in [1.165, 1.54) is 126 Å². The number of anilines is 5. The van der Waals surface area contributed by atoms with E-state index in [1.54, 1.807) is 0 Å². The summed E-state index contributed by atoms with van der Waals surface area (Å²) >= 11 is 1.89. The lowest BCUT2D eigenvalue weighted by atomic mass is 9.45. The first-order chi connectivity index (χ1) is 32.6. The van der Waals surface area contributed by atoms with Crippen LogP contribution < -0.4 is 20.8 Å². The van der Waals surface area contributed by atoms with Gasteiger partial charge in [-0.3, -0.25) is 0 Å². The predicted octanol–water partition coefficient (Wildman–Crippen LogP) is 16.8. The van der Waals surface area contributed by atoms with Gasteiger partial charge in [0.25, 0.3) is 0 Å². The van der Waals surface area contributed by atoms with Crippen LogP contribution in [0.3, 0.4) is 0 Å². The summed E-state index contributed by atoms with van der Waals surface area (Å²) < 4.78 is 10.4. The van der Waals surface area contributed by atoms with Gasteiger partial charge in [-0.15, -0.1) is 11.3 Å². The molecule has 0 spiro atoms. The number of hydrogen-bond donors (Lipinski definition) is 0. The molecule has 68 heavy (non-hydrogen) atoms. The van der Waals surface area contributed by atoms with E-state index in [-0.39, 0.29) is 28.5 Å². The highest BCUT2D eigenvalue weighted by Gasteiger charge is 2.51. The van der Waals surface area contributed by atoms with Crippen molar-refractivity contribution in [2.45, 2.75) is 110 Å². The number of fused-ring (bicyclic) bond motifs is 14. The van der Waals surface area contributed by atoms with Crippen LogP contribution in [0.25, 0.3) is 63.8 Å². The van der Waals surface area contributed by atoms with Crippen LogP contribution >= 0.6 is 11.3 Å². The van der Waals surface area contributed by atoms with Crippen LogP contribution in [-0.2, 0) is 21.7 Å². The molecule has 0 N–H and O–H groups in total. The lowest BCUT2D eigenvalue weighted by Gasteiger charge is -2.46. The van der Waals surface area contributed by atoms with Crippen molar-refractivity contribution in [3.8, 4) is 11.1 Å². The molecule has 5 heteroatoms. The van der Waals surface area contributed by atoms with Crippen molar-refractivity contribution in [1.29, 1.82) is 0 Å². The molecule has 0 fully saturated rings. The number of aryl methyl sites for hydroxylation is 1. The summed E-state index contributed by atoms with van der Waals surface area (Å²) in [6, 6.07) is 51.6. The van der Waals surface area contributed by atoms with E-state index in [4.69, 9.17) is 4.42 Å². The highest BCUT2D eigenvalue weighted by atomic mass is 32.1. The van der Waals surface area contributed by atoms with Gasteiger partial charge in [0.15, 0.2) is 0 Å². The summed E-state index contributed by atoms with van der Waals surface area (Å²) in [6.07, 6.45) is 4.63. The second kappa shape index (κ2) is 13.5. The number of rotatable bonds is 2. The van der Waals surface area contributed by atoms with Crippen LogP contribution in [0.1, 0.15) is 109 Å². The number of thiophene rings is 1. The van der Waals surface area contributed by atoms with Crippen LogP contribution in [0, 0.1) is 6.92 Å². The summed E-state index contributed by atoms with van der Waals surface area (Å²) in [5.41, 5.74) is 19.2. The van der Waals surface area contributed by atoms with Crippen LogP contribution in [0.5, 0.6) is 0 Å². The minimum Gasteiger partial charge on any atom is -0.466 e. The van der Waals surface area contributed by atoms with Crippen LogP contribution in [0.4, 0.5) is 28.4 Å². The van der Waals surface area contributed by atoms with E-state index in [2.05, 4.69) is 205 Å². The predicted molar refractivity (Wildman–Crippen MR) is 293 cm³/mol. The largest absolute Gasteiger partial charge is 0.466 e. The van der Waals surface area contributed by atoms with Crippen molar-refractivity contribution in [3.63, 3.8) is 0 Å². The van der Waals surface area contributed by atoms with E-state index < -0.39 is 0 Å². The molecule has 0 bridgehead atoms. The second-order valence-electron chi connectivity index (χ2n) is 23.4. The van der Waals surface area contributed by atoms with Gasteiger partial charge < -0.3 is 14.1 Å². The molecule has 0 unspecified atom stereocenters. The highest BCUT2D eigenvalue weighted by Crippen LogP contribution is 2.57. The minimum absolute atomic E-state index is 0.0217. The average Bonchev–Trinajstić information content (AvgIpc) is 3.90. The zero-order valence-corrected chi connectivity index (χ0v) is 41.6. The molecule has 0 atom stereocenters. The van der Waals surface area contributed by atoms with Gasteiger partial charge >= 0.3 is 6.85 Å². The van der Waals surface area contributed by atoms with Crippen molar-refractivity contribution in [2.75, 3.05) is 9.71 Å². The molecule has 2 aromatic heterocycles. The first kappa shape index (κ1) is 40.7. The molecule has 0 saturated carbocycles. The zero-order valence-electron chi connectivity index (χ0n) is 40.8. The van der Waals surface area contributed by atoms with Crippen molar-refractivity contribution >= 4 is 110 Å². The van der Waals surface area contributed by atoms with Crippen molar-refractivity contribution < 1.29 is 4.42 Å². The van der Waals surface area contributed by atoms with Gasteiger partial charge in [-0.25, -0.2) is 0 Å². The molecule has 0 amide bonds. The standard InChI is InChI=1S/C63H57BN2OS/c1-36-29-44-46(62(6,7)27-25-60(44,2)3)34-49(36)65-51-32-39-19-12-13-20-40(39)55-42-30-37-17-10-11-18-38(37)31-50(42)66(48-22-16-24-54-56(48)41-21-14-15-23-53(41)68-54)64(57(51)55)59-58(65)43-33-45-47(35-52(43)67-59)63(8,9)28-26-61(45,4)5/h10-24,29-35H,25-28H2,1-9H3. The van der Waals surface area contributed by atoms with Gasteiger partial charge in [-0.05, 0) is 169 Å². The molecule has 2 aliphatic carbocycles. The number of furan rings is 1. The number of benzene rings is 8. The van der Waals surface area contributed by atoms with Crippen LogP contribution in [0.2, 0.25) is 0 Å². The maximum absolute atomic E-state index is 7.81. The Labute approximate surface area is 404 Å². The third-order valence-electron chi connectivity index (χ3n) is 17.4. The van der Waals surface area contributed by atoms with Crippen LogP contribution in [-0.4, -0.2) is 6.85 Å². The fourth-order valence-corrected chi connectivity index (χ4v) is 14.5. The quantitative estimate of drug-likeness (QED) is 0.161. The maximum atomic E-state index is 7.81. The van der Waals surface area contributed by atoms with Gasteiger partial charge in [-0.1, -0.05) is 134 Å². The third-order valence-corrected chi connectivity index (χ3v) is 18.6. The summed E-state index contributed by atoms with van der Waals surface area (Å²) in [5.74, 6) is 0. The monoisotopic (exact) mass is 900 g/mol. The van der Waals surface area contributed by atoms with E-state index in [0.29, 0.717) is 0 Å². The molecule has 2 aliphatic heterocycles. The highest BCUT2D eigenvalue weighted by molar-refractivity contribution is 7.26. The van der Waals surface area contributed by atoms with Gasteiger partial charge in [-0.2, -0.15) is 0 Å².